The monoisotopic (exact) mass is 370 g/mol. The fourth-order valence-electron chi connectivity index (χ4n) is 2.50. The fraction of sp³-hybridized carbons (Fsp3) is 0.250. The number of anilines is 1. The highest BCUT2D eigenvalue weighted by Crippen LogP contribution is 2.12. The number of carbonyl (C=O) groups is 3. The van der Waals surface area contributed by atoms with Gasteiger partial charge in [0, 0.05) is 12.2 Å². The third-order valence-corrected chi connectivity index (χ3v) is 3.76. The molecule has 0 radical (unpaired) electrons. The Bertz CT molecular complexity index is 792. The van der Waals surface area contributed by atoms with Gasteiger partial charge in [0.15, 0.2) is 0 Å². The number of nitrogens with zero attached hydrogens (tertiary/aromatic N) is 1. The lowest BCUT2D eigenvalue weighted by molar-refractivity contribution is -0.142. The fourth-order valence-corrected chi connectivity index (χ4v) is 2.50. The highest BCUT2D eigenvalue weighted by atomic mass is 16.5. The number of methoxy groups -OCH3 is 2. The summed E-state index contributed by atoms with van der Waals surface area (Å²) in [6, 6.07) is 16.0. The zero-order chi connectivity index (χ0) is 19.6. The van der Waals surface area contributed by atoms with Gasteiger partial charge in [-0.2, -0.15) is 0 Å². The number of benzene rings is 2. The Kier molecular flexibility index (Phi) is 7.51. The van der Waals surface area contributed by atoms with E-state index in [1.165, 1.54) is 20.3 Å². The molecule has 0 aliphatic rings. The molecule has 0 heterocycles. The van der Waals surface area contributed by atoms with E-state index < -0.39 is 11.9 Å². The average Bonchev–Trinajstić information content (AvgIpc) is 2.68. The maximum Gasteiger partial charge on any atom is 0.337 e. The second-order valence-electron chi connectivity index (χ2n) is 5.83. The normalized spacial score (nSPS) is 10.3. The van der Waals surface area contributed by atoms with Crippen LogP contribution in [0.1, 0.15) is 15.9 Å². The van der Waals surface area contributed by atoms with Crippen molar-refractivity contribution >= 4 is 23.5 Å². The highest BCUT2D eigenvalue weighted by Gasteiger charge is 2.16. The van der Waals surface area contributed by atoms with Crippen molar-refractivity contribution in [3.63, 3.8) is 0 Å². The molecule has 0 saturated heterocycles. The number of esters is 2. The summed E-state index contributed by atoms with van der Waals surface area (Å²) in [6.07, 6.45) is 0. The van der Waals surface area contributed by atoms with Crippen LogP contribution in [0, 0.1) is 0 Å². The molecule has 0 atom stereocenters. The molecule has 0 saturated carbocycles. The molecule has 1 amide bonds. The molecule has 7 nitrogen and oxygen atoms in total. The Morgan fingerprint density at radius 3 is 2.33 bits per heavy atom. The quantitative estimate of drug-likeness (QED) is 0.716. The van der Waals surface area contributed by atoms with Crippen LogP contribution in [0.4, 0.5) is 5.69 Å². The minimum absolute atomic E-state index is 0.00749. The maximum absolute atomic E-state index is 12.4. The standard InChI is InChI=1S/C20H22N2O5/c1-26-19(24)14-22(12-15-7-4-3-5-8-15)13-18(23)21-17-10-6-9-16(11-17)20(25)27-2/h3-11H,12-14H2,1-2H3,(H,21,23). The third kappa shape index (κ3) is 6.56. The van der Waals surface area contributed by atoms with Crippen molar-refractivity contribution in [1.82, 2.24) is 4.90 Å². The Labute approximate surface area is 157 Å². The molecule has 27 heavy (non-hydrogen) atoms. The minimum Gasteiger partial charge on any atom is -0.468 e. The van der Waals surface area contributed by atoms with Crippen LogP contribution in [0.15, 0.2) is 54.6 Å². The Morgan fingerprint density at radius 1 is 0.926 bits per heavy atom. The van der Waals surface area contributed by atoms with E-state index in [0.29, 0.717) is 17.8 Å². The zero-order valence-corrected chi connectivity index (χ0v) is 15.3. The molecule has 7 heteroatoms. The van der Waals surface area contributed by atoms with Crippen molar-refractivity contribution in [2.24, 2.45) is 0 Å². The van der Waals surface area contributed by atoms with Gasteiger partial charge in [-0.25, -0.2) is 4.79 Å². The Morgan fingerprint density at radius 2 is 1.67 bits per heavy atom. The van der Waals surface area contributed by atoms with Crippen LogP contribution in [-0.4, -0.2) is 50.1 Å². The average molecular weight is 370 g/mol. The summed E-state index contributed by atoms with van der Waals surface area (Å²) in [5.74, 6) is -1.22. The van der Waals surface area contributed by atoms with E-state index in [0.717, 1.165) is 5.56 Å². The van der Waals surface area contributed by atoms with Gasteiger partial charge in [-0.05, 0) is 23.8 Å². The maximum atomic E-state index is 12.4. The number of nitrogens with one attached hydrogen (secondary N) is 1. The number of amides is 1. The summed E-state index contributed by atoms with van der Waals surface area (Å²) in [4.78, 5) is 37.3. The molecule has 142 valence electrons. The lowest BCUT2D eigenvalue weighted by Gasteiger charge is -2.20. The zero-order valence-electron chi connectivity index (χ0n) is 15.3. The van der Waals surface area contributed by atoms with Crippen LogP contribution in [0.3, 0.4) is 0 Å². The van der Waals surface area contributed by atoms with E-state index in [-0.39, 0.29) is 19.0 Å². The molecule has 2 rings (SSSR count). The topological polar surface area (TPSA) is 84.9 Å². The Hall–Kier alpha value is -3.19. The number of rotatable bonds is 8. The van der Waals surface area contributed by atoms with E-state index in [1.54, 1.807) is 23.1 Å². The molecular formula is C20H22N2O5. The second-order valence-corrected chi connectivity index (χ2v) is 5.83. The minimum atomic E-state index is -0.484. The lowest BCUT2D eigenvalue weighted by atomic mass is 10.2. The largest absolute Gasteiger partial charge is 0.468 e. The van der Waals surface area contributed by atoms with Crippen LogP contribution in [0.25, 0.3) is 0 Å². The van der Waals surface area contributed by atoms with Gasteiger partial charge in [0.2, 0.25) is 5.91 Å². The van der Waals surface area contributed by atoms with E-state index >= 15 is 0 Å². The van der Waals surface area contributed by atoms with Crippen molar-refractivity contribution in [2.75, 3.05) is 32.6 Å². The summed E-state index contributed by atoms with van der Waals surface area (Å²) in [5.41, 5.74) is 1.79. The van der Waals surface area contributed by atoms with Crippen LogP contribution in [-0.2, 0) is 25.6 Å². The van der Waals surface area contributed by atoms with E-state index in [4.69, 9.17) is 4.74 Å². The van der Waals surface area contributed by atoms with Crippen molar-refractivity contribution in [3.8, 4) is 0 Å². The number of carbonyl (C=O) groups excluding carboxylic acids is 3. The van der Waals surface area contributed by atoms with Gasteiger partial charge in [0.1, 0.15) is 0 Å². The van der Waals surface area contributed by atoms with Crippen LogP contribution in [0.5, 0.6) is 0 Å². The molecule has 0 spiro atoms. The number of ether oxygens (including phenoxy) is 2. The van der Waals surface area contributed by atoms with Crippen LogP contribution in [0.2, 0.25) is 0 Å². The number of hydrogen-bond acceptors (Lipinski definition) is 6. The summed E-state index contributed by atoms with van der Waals surface area (Å²) in [7, 11) is 2.60. The van der Waals surface area contributed by atoms with Gasteiger partial charge < -0.3 is 14.8 Å². The van der Waals surface area contributed by atoms with Crippen molar-refractivity contribution in [2.45, 2.75) is 6.54 Å². The SMILES string of the molecule is COC(=O)CN(CC(=O)Nc1cccc(C(=O)OC)c1)Cc1ccccc1. The first-order chi connectivity index (χ1) is 13.0. The van der Waals surface area contributed by atoms with Gasteiger partial charge in [0.25, 0.3) is 0 Å². The van der Waals surface area contributed by atoms with E-state index in [9.17, 15) is 14.4 Å². The molecule has 0 aliphatic heterocycles. The molecule has 2 aromatic rings. The van der Waals surface area contributed by atoms with Gasteiger partial charge >= 0.3 is 11.9 Å². The van der Waals surface area contributed by atoms with Crippen LogP contribution < -0.4 is 5.32 Å². The van der Waals surface area contributed by atoms with Crippen molar-refractivity contribution < 1.29 is 23.9 Å². The summed E-state index contributed by atoms with van der Waals surface area (Å²) in [6.45, 7) is 0.402. The first-order valence-electron chi connectivity index (χ1n) is 8.33. The molecular weight excluding hydrogens is 348 g/mol. The van der Waals surface area contributed by atoms with Gasteiger partial charge in [-0.3, -0.25) is 14.5 Å². The van der Waals surface area contributed by atoms with Gasteiger partial charge in [-0.15, -0.1) is 0 Å². The predicted molar refractivity (Wildman–Crippen MR) is 100 cm³/mol. The summed E-state index contributed by atoms with van der Waals surface area (Å²) < 4.78 is 9.38. The van der Waals surface area contributed by atoms with E-state index in [2.05, 4.69) is 10.1 Å². The van der Waals surface area contributed by atoms with Crippen molar-refractivity contribution in [1.29, 1.82) is 0 Å². The molecule has 0 aliphatic carbocycles. The molecule has 0 unspecified atom stereocenters. The number of hydrogen-bond donors (Lipinski definition) is 1. The molecule has 0 aromatic heterocycles. The predicted octanol–water partition coefficient (Wildman–Crippen LogP) is 2.09. The van der Waals surface area contributed by atoms with Gasteiger partial charge in [-0.1, -0.05) is 36.4 Å². The lowest BCUT2D eigenvalue weighted by Crippen LogP contribution is -2.37. The first-order valence-corrected chi connectivity index (χ1v) is 8.33. The molecule has 2 aromatic carbocycles. The third-order valence-electron chi connectivity index (χ3n) is 3.76. The summed E-state index contributed by atoms with van der Waals surface area (Å²) >= 11 is 0. The Balaban J connectivity index is 2.04. The molecule has 0 fully saturated rings. The summed E-state index contributed by atoms with van der Waals surface area (Å²) in [5, 5.41) is 2.73. The molecule has 0 bridgehead atoms. The van der Waals surface area contributed by atoms with Crippen LogP contribution >= 0.6 is 0 Å². The van der Waals surface area contributed by atoms with Crippen molar-refractivity contribution in [3.05, 3.63) is 65.7 Å². The highest BCUT2D eigenvalue weighted by molar-refractivity contribution is 5.95. The van der Waals surface area contributed by atoms with Gasteiger partial charge in [0.05, 0.1) is 32.9 Å². The first kappa shape index (κ1) is 20.1. The second kappa shape index (κ2) is 10.1. The smallest absolute Gasteiger partial charge is 0.337 e. The molecule has 1 N–H and O–H groups in total. The van der Waals surface area contributed by atoms with E-state index in [1.807, 2.05) is 30.3 Å².